The molecule has 1 aliphatic heterocycles. The highest BCUT2D eigenvalue weighted by Gasteiger charge is 2.29. The fraction of sp³-hybridized carbons (Fsp3) is 0.133. The van der Waals surface area contributed by atoms with Gasteiger partial charge in [-0.15, -0.1) is 0 Å². The molecule has 0 spiro atoms. The number of carbonyl (C=O) groups is 2. The number of ether oxygens (including phenoxy) is 1. The van der Waals surface area contributed by atoms with Crippen molar-refractivity contribution in [2.75, 3.05) is 23.4 Å². The Morgan fingerprint density at radius 1 is 1.40 bits per heavy atom. The molecule has 0 radical (unpaired) electrons. The van der Waals surface area contributed by atoms with Crippen LogP contribution in [0, 0.1) is 10.1 Å². The first-order valence-electron chi connectivity index (χ1n) is 7.08. The molecule has 0 fully saturated rings. The molecule has 3 rings (SSSR count). The van der Waals surface area contributed by atoms with Gasteiger partial charge in [0.05, 0.1) is 4.92 Å². The van der Waals surface area contributed by atoms with Crippen molar-refractivity contribution in [3.8, 4) is 5.75 Å². The van der Waals surface area contributed by atoms with E-state index in [1.165, 1.54) is 29.2 Å². The van der Waals surface area contributed by atoms with Gasteiger partial charge in [-0.25, -0.2) is 4.98 Å². The minimum absolute atomic E-state index is 0.142. The molecule has 10 heteroatoms. The van der Waals surface area contributed by atoms with Gasteiger partial charge < -0.3 is 10.1 Å². The molecule has 2 amide bonds. The van der Waals surface area contributed by atoms with E-state index >= 15 is 0 Å². The molecule has 2 aromatic rings. The summed E-state index contributed by atoms with van der Waals surface area (Å²) in [5.74, 6) is -0.290. The Hall–Kier alpha value is -3.01. The standard InChI is InChI=1S/C15H11BrN4O5/c16-12-5-4-11-15(18-12)19(14(22)8-25-11)7-13(21)17-9-2-1-3-10(6-9)20(23)24/h1-6H,7-8H2,(H,17,21). The lowest BCUT2D eigenvalue weighted by Crippen LogP contribution is -2.44. The quantitative estimate of drug-likeness (QED) is 0.472. The summed E-state index contributed by atoms with van der Waals surface area (Å²) < 4.78 is 5.78. The Bertz CT molecular complexity index is 873. The summed E-state index contributed by atoms with van der Waals surface area (Å²) in [6.45, 7) is -0.484. The smallest absolute Gasteiger partial charge is 0.271 e. The van der Waals surface area contributed by atoms with E-state index in [-0.39, 0.29) is 30.3 Å². The van der Waals surface area contributed by atoms with Crippen LogP contribution < -0.4 is 15.0 Å². The molecule has 1 aromatic heterocycles. The highest BCUT2D eigenvalue weighted by atomic mass is 79.9. The first kappa shape index (κ1) is 16.8. The minimum Gasteiger partial charge on any atom is -0.480 e. The third-order valence-corrected chi connectivity index (χ3v) is 3.80. The highest BCUT2D eigenvalue weighted by molar-refractivity contribution is 9.10. The van der Waals surface area contributed by atoms with Gasteiger partial charge in [0.2, 0.25) is 5.91 Å². The summed E-state index contributed by atoms with van der Waals surface area (Å²) in [6.07, 6.45) is 0. The summed E-state index contributed by atoms with van der Waals surface area (Å²) in [5, 5.41) is 13.3. The lowest BCUT2D eigenvalue weighted by atomic mass is 10.2. The van der Waals surface area contributed by atoms with Crippen LogP contribution in [-0.4, -0.2) is 34.9 Å². The second-order valence-corrected chi connectivity index (χ2v) is 5.89. The monoisotopic (exact) mass is 406 g/mol. The van der Waals surface area contributed by atoms with Crippen LogP contribution in [0.4, 0.5) is 17.2 Å². The maximum absolute atomic E-state index is 12.2. The van der Waals surface area contributed by atoms with Gasteiger partial charge in [0.1, 0.15) is 11.1 Å². The lowest BCUT2D eigenvalue weighted by Gasteiger charge is -2.27. The van der Waals surface area contributed by atoms with Crippen LogP contribution in [-0.2, 0) is 9.59 Å². The van der Waals surface area contributed by atoms with Gasteiger partial charge >= 0.3 is 0 Å². The number of non-ortho nitro benzene ring substituents is 1. The van der Waals surface area contributed by atoms with Gasteiger partial charge in [-0.3, -0.25) is 24.6 Å². The number of anilines is 2. The van der Waals surface area contributed by atoms with Crippen molar-refractivity contribution in [1.29, 1.82) is 0 Å². The van der Waals surface area contributed by atoms with E-state index in [0.717, 1.165) is 0 Å². The Kier molecular flexibility index (Phi) is 4.61. The van der Waals surface area contributed by atoms with E-state index in [4.69, 9.17) is 4.74 Å². The third-order valence-electron chi connectivity index (χ3n) is 3.36. The molecule has 1 aliphatic rings. The third kappa shape index (κ3) is 3.74. The van der Waals surface area contributed by atoms with E-state index in [0.29, 0.717) is 10.4 Å². The summed E-state index contributed by atoms with van der Waals surface area (Å²) >= 11 is 3.21. The number of carbonyl (C=O) groups excluding carboxylic acids is 2. The number of halogens is 1. The molecule has 0 saturated heterocycles. The number of nitro benzene ring substituents is 1. The van der Waals surface area contributed by atoms with Crippen molar-refractivity contribution in [1.82, 2.24) is 4.98 Å². The van der Waals surface area contributed by atoms with Crippen molar-refractivity contribution >= 4 is 44.9 Å². The zero-order valence-corrected chi connectivity index (χ0v) is 14.2. The van der Waals surface area contributed by atoms with Crippen LogP contribution in [0.5, 0.6) is 5.75 Å². The largest absolute Gasteiger partial charge is 0.480 e. The maximum Gasteiger partial charge on any atom is 0.271 e. The molecule has 0 aliphatic carbocycles. The summed E-state index contributed by atoms with van der Waals surface area (Å²) in [6, 6.07) is 8.84. The molecule has 1 aromatic carbocycles. The van der Waals surface area contributed by atoms with Gasteiger partial charge in [0, 0.05) is 17.8 Å². The molecule has 0 unspecified atom stereocenters. The molecule has 1 N–H and O–H groups in total. The molecular formula is C15H11BrN4O5. The van der Waals surface area contributed by atoms with Crippen LogP contribution in [0.2, 0.25) is 0 Å². The number of pyridine rings is 1. The van der Waals surface area contributed by atoms with E-state index in [1.54, 1.807) is 12.1 Å². The maximum atomic E-state index is 12.2. The number of aromatic nitrogens is 1. The first-order valence-corrected chi connectivity index (χ1v) is 7.87. The molecule has 0 atom stereocenters. The normalized spacial score (nSPS) is 13.0. The van der Waals surface area contributed by atoms with Crippen molar-refractivity contribution < 1.29 is 19.2 Å². The van der Waals surface area contributed by atoms with Crippen LogP contribution in [0.1, 0.15) is 0 Å². The Labute approximate surface area is 149 Å². The number of fused-ring (bicyclic) bond motifs is 1. The molecule has 2 heterocycles. The van der Waals surface area contributed by atoms with Crippen molar-refractivity contribution in [3.63, 3.8) is 0 Å². The van der Waals surface area contributed by atoms with E-state index in [9.17, 15) is 19.7 Å². The number of nitrogens with zero attached hydrogens (tertiary/aromatic N) is 3. The van der Waals surface area contributed by atoms with Crippen LogP contribution >= 0.6 is 15.9 Å². The van der Waals surface area contributed by atoms with Crippen LogP contribution in [0.3, 0.4) is 0 Å². The molecule has 9 nitrogen and oxygen atoms in total. The number of hydrogen-bond acceptors (Lipinski definition) is 6. The van der Waals surface area contributed by atoms with Crippen LogP contribution in [0.25, 0.3) is 0 Å². The second-order valence-electron chi connectivity index (χ2n) is 5.08. The molecule has 25 heavy (non-hydrogen) atoms. The molecule has 0 bridgehead atoms. The predicted molar refractivity (Wildman–Crippen MR) is 91.5 cm³/mol. The van der Waals surface area contributed by atoms with Gasteiger partial charge in [0.25, 0.3) is 11.6 Å². The van der Waals surface area contributed by atoms with Crippen LogP contribution in [0.15, 0.2) is 41.0 Å². The molecule has 0 saturated carbocycles. The highest BCUT2D eigenvalue weighted by Crippen LogP contribution is 2.31. The number of nitrogens with one attached hydrogen (secondary N) is 1. The van der Waals surface area contributed by atoms with Crippen molar-refractivity contribution in [2.24, 2.45) is 0 Å². The first-order chi connectivity index (χ1) is 11.9. The lowest BCUT2D eigenvalue weighted by molar-refractivity contribution is -0.384. The van der Waals surface area contributed by atoms with Crippen molar-refractivity contribution in [2.45, 2.75) is 0 Å². The van der Waals surface area contributed by atoms with E-state index < -0.39 is 16.7 Å². The van der Waals surface area contributed by atoms with E-state index in [1.807, 2.05) is 0 Å². The van der Waals surface area contributed by atoms with E-state index in [2.05, 4.69) is 26.2 Å². The van der Waals surface area contributed by atoms with Gasteiger partial charge in [0.15, 0.2) is 18.2 Å². The zero-order valence-electron chi connectivity index (χ0n) is 12.6. The average molecular weight is 407 g/mol. The van der Waals surface area contributed by atoms with Crippen molar-refractivity contribution in [3.05, 3.63) is 51.1 Å². The molecule has 128 valence electrons. The Morgan fingerprint density at radius 2 is 2.20 bits per heavy atom. The topological polar surface area (TPSA) is 115 Å². The predicted octanol–water partition coefficient (Wildman–Crippen LogP) is 2.12. The number of amides is 2. The zero-order chi connectivity index (χ0) is 18.0. The minimum atomic E-state index is -0.557. The second kappa shape index (κ2) is 6.85. The summed E-state index contributed by atoms with van der Waals surface area (Å²) in [7, 11) is 0. The number of rotatable bonds is 4. The van der Waals surface area contributed by atoms with Gasteiger partial charge in [-0.2, -0.15) is 0 Å². The average Bonchev–Trinajstić information content (AvgIpc) is 2.58. The number of nitro groups is 1. The van der Waals surface area contributed by atoms with Gasteiger partial charge in [-0.05, 0) is 34.1 Å². The number of hydrogen-bond donors (Lipinski definition) is 1. The summed E-state index contributed by atoms with van der Waals surface area (Å²) in [5.41, 5.74) is 0.124. The fourth-order valence-electron chi connectivity index (χ4n) is 2.26. The molecular weight excluding hydrogens is 396 g/mol. The summed E-state index contributed by atoms with van der Waals surface area (Å²) in [4.78, 5) is 39.9. The SMILES string of the molecule is O=C(CN1C(=O)COc2ccc(Br)nc21)Nc1cccc([N+](=O)[O-])c1. The Balaban J connectivity index is 1.77. The van der Waals surface area contributed by atoms with Gasteiger partial charge in [-0.1, -0.05) is 6.07 Å². The number of benzene rings is 1. The Morgan fingerprint density at radius 3 is 2.96 bits per heavy atom. The fourth-order valence-corrected chi connectivity index (χ4v) is 2.56.